The highest BCUT2D eigenvalue weighted by molar-refractivity contribution is 7.89. The first-order valence-electron chi connectivity index (χ1n) is 4.98. The van der Waals surface area contributed by atoms with Gasteiger partial charge in [-0.15, -0.1) is 0 Å². The number of carbonyl (C=O) groups excluding carboxylic acids is 1. The minimum atomic E-state index is -3.78. The fraction of sp³-hybridized carbons (Fsp3) is 0.300. The van der Waals surface area contributed by atoms with Crippen molar-refractivity contribution in [1.82, 2.24) is 0 Å². The van der Waals surface area contributed by atoms with Gasteiger partial charge in [0.05, 0.1) is 4.90 Å². The number of rotatable bonds is 4. The maximum absolute atomic E-state index is 11.4. The number of amides is 1. The summed E-state index contributed by atoms with van der Waals surface area (Å²) in [5.41, 5.74) is 6.09. The Hall–Kier alpha value is -1.44. The second kappa shape index (κ2) is 5.26. The number of nitrogens with two attached hydrogens (primary N) is 2. The molecule has 0 saturated carbocycles. The van der Waals surface area contributed by atoms with Gasteiger partial charge in [0.15, 0.2) is 0 Å². The Morgan fingerprint density at radius 1 is 1.41 bits per heavy atom. The van der Waals surface area contributed by atoms with Crippen LogP contribution < -0.4 is 16.2 Å². The molecule has 0 spiro atoms. The zero-order valence-corrected chi connectivity index (χ0v) is 10.3. The predicted octanol–water partition coefficient (Wildman–Crippen LogP) is -0.0703. The van der Waals surface area contributed by atoms with Crippen molar-refractivity contribution in [1.29, 1.82) is 0 Å². The van der Waals surface area contributed by atoms with Crippen LogP contribution in [0.15, 0.2) is 23.1 Å². The summed E-state index contributed by atoms with van der Waals surface area (Å²) in [4.78, 5) is 11.4. The number of primary sulfonamides is 1. The molecule has 1 rings (SSSR count). The Morgan fingerprint density at radius 2 is 2.06 bits per heavy atom. The van der Waals surface area contributed by atoms with Crippen LogP contribution in [-0.2, 0) is 14.8 Å². The van der Waals surface area contributed by atoms with Crippen LogP contribution in [0.2, 0.25) is 0 Å². The van der Waals surface area contributed by atoms with Crippen LogP contribution in [0.1, 0.15) is 12.0 Å². The van der Waals surface area contributed by atoms with Gasteiger partial charge in [-0.2, -0.15) is 0 Å². The molecule has 0 bridgehead atoms. The van der Waals surface area contributed by atoms with Crippen LogP contribution in [0.25, 0.3) is 0 Å². The summed E-state index contributed by atoms with van der Waals surface area (Å²) < 4.78 is 22.5. The van der Waals surface area contributed by atoms with Crippen molar-refractivity contribution in [3.05, 3.63) is 23.8 Å². The largest absolute Gasteiger partial charge is 0.330 e. The van der Waals surface area contributed by atoms with Crippen molar-refractivity contribution in [3.63, 3.8) is 0 Å². The second-order valence-electron chi connectivity index (χ2n) is 3.56. The molecule has 6 nitrogen and oxygen atoms in total. The smallest absolute Gasteiger partial charge is 0.238 e. The zero-order chi connectivity index (χ0) is 13.1. The first-order valence-corrected chi connectivity index (χ1v) is 6.53. The highest BCUT2D eigenvalue weighted by atomic mass is 32.2. The lowest BCUT2D eigenvalue weighted by Crippen LogP contribution is -2.18. The van der Waals surface area contributed by atoms with Crippen molar-refractivity contribution in [3.8, 4) is 0 Å². The minimum absolute atomic E-state index is 0.00282. The van der Waals surface area contributed by atoms with Gasteiger partial charge in [0, 0.05) is 18.7 Å². The summed E-state index contributed by atoms with van der Waals surface area (Å²) >= 11 is 0. The van der Waals surface area contributed by atoms with Crippen molar-refractivity contribution in [2.75, 3.05) is 11.9 Å². The predicted molar refractivity (Wildman–Crippen MR) is 64.9 cm³/mol. The Morgan fingerprint density at radius 3 is 2.59 bits per heavy atom. The normalized spacial score (nSPS) is 11.2. The molecule has 7 heteroatoms. The molecule has 0 unspecified atom stereocenters. The second-order valence-corrected chi connectivity index (χ2v) is 5.09. The number of hydrogen-bond donors (Lipinski definition) is 3. The van der Waals surface area contributed by atoms with Gasteiger partial charge in [-0.25, -0.2) is 13.6 Å². The third-order valence-electron chi connectivity index (χ3n) is 2.24. The standard InChI is InChI=1S/C10H15N3O3S/c1-7-8(13-10(14)5-6-11)3-2-4-9(7)17(12,15)16/h2-4H,5-6,11H2,1H3,(H,13,14)(H2,12,15,16). The molecule has 0 atom stereocenters. The topological polar surface area (TPSA) is 115 Å². The highest BCUT2D eigenvalue weighted by Crippen LogP contribution is 2.21. The van der Waals surface area contributed by atoms with Gasteiger partial charge in [0.25, 0.3) is 0 Å². The summed E-state index contributed by atoms with van der Waals surface area (Å²) in [5, 5.41) is 7.64. The molecular formula is C10H15N3O3S. The van der Waals surface area contributed by atoms with Crippen LogP contribution >= 0.6 is 0 Å². The van der Waals surface area contributed by atoms with E-state index < -0.39 is 10.0 Å². The van der Waals surface area contributed by atoms with Gasteiger partial charge in [-0.05, 0) is 24.6 Å². The molecule has 94 valence electrons. The van der Waals surface area contributed by atoms with Gasteiger partial charge < -0.3 is 11.1 Å². The number of hydrogen-bond acceptors (Lipinski definition) is 4. The maximum atomic E-state index is 11.4. The summed E-state index contributed by atoms with van der Waals surface area (Å²) in [6, 6.07) is 4.52. The molecule has 5 N–H and O–H groups in total. The fourth-order valence-corrected chi connectivity index (χ4v) is 2.21. The van der Waals surface area contributed by atoms with Crippen LogP contribution in [0, 0.1) is 6.92 Å². The van der Waals surface area contributed by atoms with Gasteiger partial charge in [0.1, 0.15) is 0 Å². The fourth-order valence-electron chi connectivity index (χ4n) is 1.40. The lowest BCUT2D eigenvalue weighted by molar-refractivity contribution is -0.116. The lowest BCUT2D eigenvalue weighted by atomic mass is 10.2. The average molecular weight is 257 g/mol. The van der Waals surface area contributed by atoms with Crippen LogP contribution in [0.5, 0.6) is 0 Å². The number of carbonyl (C=O) groups is 1. The van der Waals surface area contributed by atoms with Gasteiger partial charge in [-0.1, -0.05) is 6.07 Å². The van der Waals surface area contributed by atoms with E-state index in [9.17, 15) is 13.2 Å². The third kappa shape index (κ3) is 3.52. The van der Waals surface area contributed by atoms with Crippen LogP contribution in [0.3, 0.4) is 0 Å². The molecule has 0 heterocycles. The van der Waals surface area contributed by atoms with Crippen molar-refractivity contribution >= 4 is 21.6 Å². The zero-order valence-electron chi connectivity index (χ0n) is 9.43. The van der Waals surface area contributed by atoms with E-state index in [0.29, 0.717) is 11.3 Å². The first kappa shape index (κ1) is 13.6. The number of anilines is 1. The Balaban J connectivity index is 3.08. The summed E-state index contributed by atoms with van der Waals surface area (Å²) in [6.45, 7) is 1.82. The van der Waals surface area contributed by atoms with Gasteiger partial charge in [0.2, 0.25) is 15.9 Å². The number of nitrogens with one attached hydrogen (secondary N) is 1. The van der Waals surface area contributed by atoms with E-state index in [1.54, 1.807) is 13.0 Å². The third-order valence-corrected chi connectivity index (χ3v) is 3.29. The van der Waals surface area contributed by atoms with Crippen molar-refractivity contribution in [2.45, 2.75) is 18.2 Å². The highest BCUT2D eigenvalue weighted by Gasteiger charge is 2.14. The molecule has 0 saturated heterocycles. The maximum Gasteiger partial charge on any atom is 0.238 e. The van der Waals surface area contributed by atoms with E-state index in [1.165, 1.54) is 12.1 Å². The molecule has 0 aromatic heterocycles. The molecule has 0 aliphatic heterocycles. The number of sulfonamides is 1. The lowest BCUT2D eigenvalue weighted by Gasteiger charge is -2.10. The van der Waals surface area contributed by atoms with Crippen molar-refractivity contribution in [2.24, 2.45) is 10.9 Å². The van der Waals surface area contributed by atoms with E-state index in [1.807, 2.05) is 0 Å². The van der Waals surface area contributed by atoms with Gasteiger partial charge in [-0.3, -0.25) is 4.79 Å². The minimum Gasteiger partial charge on any atom is -0.330 e. The van der Waals surface area contributed by atoms with E-state index in [0.717, 1.165) is 0 Å². The SMILES string of the molecule is Cc1c(NC(=O)CCN)cccc1S(N)(=O)=O. The van der Waals surface area contributed by atoms with Crippen LogP contribution in [-0.4, -0.2) is 20.9 Å². The molecule has 0 fully saturated rings. The summed E-state index contributed by atoms with van der Waals surface area (Å²) in [6.07, 6.45) is 0.180. The molecule has 1 aromatic rings. The molecule has 17 heavy (non-hydrogen) atoms. The van der Waals surface area contributed by atoms with Crippen molar-refractivity contribution < 1.29 is 13.2 Å². The molecule has 1 aromatic carbocycles. The van der Waals surface area contributed by atoms with E-state index >= 15 is 0 Å². The summed E-state index contributed by atoms with van der Waals surface area (Å²) in [5.74, 6) is -0.262. The molecule has 1 amide bonds. The quantitative estimate of drug-likeness (QED) is 0.700. The Bertz CT molecular complexity index is 526. The monoisotopic (exact) mass is 257 g/mol. The summed E-state index contributed by atoms with van der Waals surface area (Å²) in [7, 11) is -3.78. The average Bonchev–Trinajstić information content (AvgIpc) is 2.19. The van der Waals surface area contributed by atoms with Crippen LogP contribution in [0.4, 0.5) is 5.69 Å². The molecule has 0 aliphatic carbocycles. The van der Waals surface area contributed by atoms with E-state index in [2.05, 4.69) is 5.32 Å². The molecule has 0 aliphatic rings. The van der Waals surface area contributed by atoms with Gasteiger partial charge >= 0.3 is 0 Å². The Kier molecular flexibility index (Phi) is 4.22. The number of benzene rings is 1. The molecule has 0 radical (unpaired) electrons. The van der Waals surface area contributed by atoms with E-state index in [4.69, 9.17) is 10.9 Å². The Labute approximate surface area is 100 Å². The van der Waals surface area contributed by atoms with E-state index in [-0.39, 0.29) is 23.8 Å². The molecular weight excluding hydrogens is 242 g/mol. The first-order chi connectivity index (χ1) is 7.86.